The molecular formula is C19H31IN4O. The molecule has 0 unspecified atom stereocenters. The number of hydrogen-bond acceptors (Lipinski definition) is 2. The van der Waals surface area contributed by atoms with Crippen molar-refractivity contribution in [1.29, 1.82) is 0 Å². The number of amides is 1. The number of aliphatic imine (C=N–C) groups is 1. The van der Waals surface area contributed by atoms with Crippen LogP contribution in [0, 0.1) is 0 Å². The van der Waals surface area contributed by atoms with Crippen molar-refractivity contribution in [3.8, 4) is 0 Å². The monoisotopic (exact) mass is 458 g/mol. The van der Waals surface area contributed by atoms with Crippen LogP contribution in [0.1, 0.15) is 43.7 Å². The normalized spacial score (nSPS) is 13.7. The summed E-state index contributed by atoms with van der Waals surface area (Å²) in [5.41, 5.74) is 2.67. The van der Waals surface area contributed by atoms with Crippen LogP contribution in [-0.4, -0.2) is 43.4 Å². The van der Waals surface area contributed by atoms with Crippen molar-refractivity contribution in [2.45, 2.75) is 45.6 Å². The Morgan fingerprint density at radius 2 is 1.84 bits per heavy atom. The third kappa shape index (κ3) is 7.22. The zero-order chi connectivity index (χ0) is 17.2. The fourth-order valence-electron chi connectivity index (χ4n) is 2.92. The van der Waals surface area contributed by atoms with Gasteiger partial charge in [-0.05, 0) is 30.4 Å². The predicted octanol–water partition coefficient (Wildman–Crippen LogP) is 2.93. The molecule has 0 bridgehead atoms. The number of nitrogens with one attached hydrogen (secondary N) is 2. The summed E-state index contributed by atoms with van der Waals surface area (Å²) in [6.07, 6.45) is 4.67. The lowest BCUT2D eigenvalue weighted by molar-refractivity contribution is -0.132. The summed E-state index contributed by atoms with van der Waals surface area (Å²) in [5, 5.41) is 6.55. The Labute approximate surface area is 168 Å². The van der Waals surface area contributed by atoms with Gasteiger partial charge in [0.25, 0.3) is 0 Å². The summed E-state index contributed by atoms with van der Waals surface area (Å²) >= 11 is 0. The summed E-state index contributed by atoms with van der Waals surface area (Å²) < 4.78 is 0. The second kappa shape index (κ2) is 12.1. The van der Waals surface area contributed by atoms with Crippen molar-refractivity contribution >= 4 is 35.8 Å². The van der Waals surface area contributed by atoms with Crippen LogP contribution in [0.4, 0.5) is 0 Å². The van der Waals surface area contributed by atoms with Crippen LogP contribution in [-0.2, 0) is 17.8 Å². The van der Waals surface area contributed by atoms with E-state index in [4.69, 9.17) is 0 Å². The van der Waals surface area contributed by atoms with Crippen LogP contribution in [0.25, 0.3) is 0 Å². The van der Waals surface area contributed by atoms with E-state index in [1.165, 1.54) is 11.1 Å². The van der Waals surface area contributed by atoms with E-state index < -0.39 is 0 Å². The van der Waals surface area contributed by atoms with Crippen molar-refractivity contribution in [2.75, 3.05) is 26.7 Å². The number of halogens is 1. The molecule has 0 saturated heterocycles. The Bertz CT molecular complexity index is 562. The molecule has 1 aliphatic rings. The topological polar surface area (TPSA) is 56.7 Å². The maximum atomic E-state index is 12.4. The molecule has 1 heterocycles. The fraction of sp³-hybridized carbons (Fsp3) is 0.579. The number of fused-ring (bicyclic) bond motifs is 1. The maximum absolute atomic E-state index is 12.4. The molecule has 0 aromatic heterocycles. The van der Waals surface area contributed by atoms with Crippen molar-refractivity contribution in [1.82, 2.24) is 15.5 Å². The van der Waals surface area contributed by atoms with Crippen molar-refractivity contribution in [2.24, 2.45) is 4.99 Å². The van der Waals surface area contributed by atoms with Gasteiger partial charge in [0.15, 0.2) is 5.96 Å². The number of nitrogens with zero attached hydrogens (tertiary/aromatic N) is 2. The first-order chi connectivity index (χ1) is 11.7. The SMILES string of the molecule is CCCCNC(=NC)NCCCC(=O)N1CCc2ccccc2C1.I. The standard InChI is InChI=1S/C19H30N4O.HI/c1-3-4-12-21-19(20-2)22-13-7-10-18(24)23-14-11-16-8-5-6-9-17(16)15-23;/h5-6,8-9H,3-4,7,10-15H2,1-2H3,(H2,20,21,22);1H. The van der Waals surface area contributed by atoms with Crippen LogP contribution in [0.2, 0.25) is 0 Å². The molecule has 25 heavy (non-hydrogen) atoms. The minimum Gasteiger partial charge on any atom is -0.356 e. The molecule has 1 aromatic rings. The minimum absolute atomic E-state index is 0. The van der Waals surface area contributed by atoms with Gasteiger partial charge in [-0.1, -0.05) is 37.6 Å². The number of rotatable bonds is 7. The number of unbranched alkanes of at least 4 members (excludes halogenated alkanes) is 1. The van der Waals surface area contributed by atoms with E-state index in [-0.39, 0.29) is 29.9 Å². The van der Waals surface area contributed by atoms with Gasteiger partial charge in [0, 0.05) is 39.6 Å². The van der Waals surface area contributed by atoms with Crippen molar-refractivity contribution in [3.05, 3.63) is 35.4 Å². The Morgan fingerprint density at radius 1 is 1.16 bits per heavy atom. The summed E-state index contributed by atoms with van der Waals surface area (Å²) in [5.74, 6) is 1.07. The fourth-order valence-corrected chi connectivity index (χ4v) is 2.92. The number of guanidine groups is 1. The van der Waals surface area contributed by atoms with Gasteiger partial charge >= 0.3 is 0 Å². The lowest BCUT2D eigenvalue weighted by Gasteiger charge is -2.29. The van der Waals surface area contributed by atoms with Crippen molar-refractivity contribution < 1.29 is 4.79 Å². The molecule has 5 nitrogen and oxygen atoms in total. The Morgan fingerprint density at radius 3 is 2.52 bits per heavy atom. The van der Waals surface area contributed by atoms with E-state index in [1.807, 2.05) is 11.0 Å². The zero-order valence-electron chi connectivity index (χ0n) is 15.4. The maximum Gasteiger partial charge on any atom is 0.222 e. The molecule has 0 aliphatic carbocycles. The Kier molecular flexibility index (Phi) is 10.5. The smallest absolute Gasteiger partial charge is 0.222 e. The molecule has 0 spiro atoms. The highest BCUT2D eigenvalue weighted by molar-refractivity contribution is 14.0. The average Bonchev–Trinajstić information content (AvgIpc) is 2.63. The van der Waals surface area contributed by atoms with Crippen molar-refractivity contribution in [3.63, 3.8) is 0 Å². The molecule has 1 amide bonds. The van der Waals surface area contributed by atoms with E-state index >= 15 is 0 Å². The quantitative estimate of drug-likeness (QED) is 0.286. The van der Waals surface area contributed by atoms with E-state index in [0.717, 1.165) is 57.8 Å². The minimum atomic E-state index is 0. The van der Waals surface area contributed by atoms with Gasteiger partial charge in [0.2, 0.25) is 5.91 Å². The molecule has 140 valence electrons. The third-order valence-electron chi connectivity index (χ3n) is 4.39. The molecule has 2 N–H and O–H groups in total. The molecule has 2 rings (SSSR count). The van der Waals surface area contributed by atoms with Gasteiger partial charge in [-0.2, -0.15) is 0 Å². The second-order valence-electron chi connectivity index (χ2n) is 6.22. The summed E-state index contributed by atoms with van der Waals surface area (Å²) in [4.78, 5) is 18.6. The average molecular weight is 458 g/mol. The first-order valence-electron chi connectivity index (χ1n) is 9.03. The van der Waals surface area contributed by atoms with Crippen LogP contribution in [0.3, 0.4) is 0 Å². The Hall–Kier alpha value is -1.31. The number of carbonyl (C=O) groups excluding carboxylic acids is 1. The molecule has 0 saturated carbocycles. The van der Waals surface area contributed by atoms with Crippen LogP contribution < -0.4 is 10.6 Å². The van der Waals surface area contributed by atoms with Crippen LogP contribution in [0.5, 0.6) is 0 Å². The van der Waals surface area contributed by atoms with Gasteiger partial charge in [-0.15, -0.1) is 24.0 Å². The highest BCUT2D eigenvalue weighted by atomic mass is 127. The van der Waals surface area contributed by atoms with E-state index in [1.54, 1.807) is 7.05 Å². The molecule has 6 heteroatoms. The molecule has 0 radical (unpaired) electrons. The summed E-state index contributed by atoms with van der Waals surface area (Å²) in [6.45, 7) is 5.46. The molecular weight excluding hydrogens is 427 g/mol. The first kappa shape index (κ1) is 21.7. The van der Waals surface area contributed by atoms with Crippen LogP contribution >= 0.6 is 24.0 Å². The van der Waals surface area contributed by atoms with Gasteiger partial charge in [0.05, 0.1) is 0 Å². The van der Waals surface area contributed by atoms with Crippen LogP contribution in [0.15, 0.2) is 29.3 Å². The molecule has 0 fully saturated rings. The molecule has 0 atom stereocenters. The third-order valence-corrected chi connectivity index (χ3v) is 4.39. The number of benzene rings is 1. The van der Waals surface area contributed by atoms with Gasteiger partial charge < -0.3 is 15.5 Å². The van der Waals surface area contributed by atoms with Gasteiger partial charge in [-0.3, -0.25) is 9.79 Å². The van der Waals surface area contributed by atoms with E-state index in [0.29, 0.717) is 6.42 Å². The number of hydrogen-bond donors (Lipinski definition) is 2. The summed E-state index contributed by atoms with van der Waals surface area (Å²) in [7, 11) is 1.78. The highest BCUT2D eigenvalue weighted by Crippen LogP contribution is 2.19. The lowest BCUT2D eigenvalue weighted by Crippen LogP contribution is -2.39. The molecule has 1 aliphatic heterocycles. The van der Waals surface area contributed by atoms with Gasteiger partial charge in [-0.25, -0.2) is 0 Å². The zero-order valence-corrected chi connectivity index (χ0v) is 17.7. The first-order valence-corrected chi connectivity index (χ1v) is 9.03. The lowest BCUT2D eigenvalue weighted by atomic mass is 9.99. The molecule has 1 aromatic carbocycles. The van der Waals surface area contributed by atoms with E-state index in [9.17, 15) is 4.79 Å². The van der Waals surface area contributed by atoms with Gasteiger partial charge in [0.1, 0.15) is 0 Å². The summed E-state index contributed by atoms with van der Waals surface area (Å²) in [6, 6.07) is 8.41. The largest absolute Gasteiger partial charge is 0.356 e. The van der Waals surface area contributed by atoms with E-state index in [2.05, 4.69) is 40.7 Å². The Balaban J connectivity index is 0.00000312. The predicted molar refractivity (Wildman–Crippen MR) is 114 cm³/mol. The second-order valence-corrected chi connectivity index (χ2v) is 6.22. The number of carbonyl (C=O) groups is 1. The highest BCUT2D eigenvalue weighted by Gasteiger charge is 2.19.